The fourth-order valence-electron chi connectivity index (χ4n) is 2.84. The average Bonchev–Trinajstić information content (AvgIpc) is 2.99. The Bertz CT molecular complexity index is 1030. The molecule has 3 aromatic rings. The number of methoxy groups -OCH3 is 1. The third kappa shape index (κ3) is 3.30. The van der Waals surface area contributed by atoms with Gasteiger partial charge in [0.05, 0.1) is 17.5 Å². The van der Waals surface area contributed by atoms with E-state index in [2.05, 4.69) is 4.74 Å². The lowest BCUT2D eigenvalue weighted by Crippen LogP contribution is -2.12. The van der Waals surface area contributed by atoms with Gasteiger partial charge in [-0.15, -0.1) is 0 Å². The van der Waals surface area contributed by atoms with Crippen molar-refractivity contribution in [2.75, 3.05) is 7.11 Å². The summed E-state index contributed by atoms with van der Waals surface area (Å²) in [5.74, 6) is -0.321. The highest BCUT2D eigenvalue weighted by Gasteiger charge is 2.21. The van der Waals surface area contributed by atoms with Crippen LogP contribution in [0, 0.1) is 6.92 Å². The molecule has 1 aromatic heterocycles. The topological polar surface area (TPSA) is 65.4 Å². The zero-order chi connectivity index (χ0) is 18.0. The highest BCUT2D eigenvalue weighted by atomic mass is 32.2. The van der Waals surface area contributed by atoms with E-state index in [-0.39, 0.29) is 17.3 Å². The summed E-state index contributed by atoms with van der Waals surface area (Å²) in [6, 6.07) is 14.1. The minimum Gasteiger partial charge on any atom is -0.469 e. The lowest BCUT2D eigenvalue weighted by Gasteiger charge is -2.08. The summed E-state index contributed by atoms with van der Waals surface area (Å²) in [6.07, 6.45) is 2.23. The van der Waals surface area contributed by atoms with E-state index >= 15 is 0 Å². The summed E-state index contributed by atoms with van der Waals surface area (Å²) in [6.45, 7) is 1.86. The zero-order valence-corrected chi connectivity index (χ0v) is 14.9. The lowest BCUT2D eigenvalue weighted by molar-refractivity contribution is -0.140. The molecule has 0 saturated carbocycles. The highest BCUT2D eigenvalue weighted by molar-refractivity contribution is 7.90. The van der Waals surface area contributed by atoms with Crippen molar-refractivity contribution in [3.8, 4) is 0 Å². The standard InChI is InChI=1S/C19H19NO4S/c1-14-6-5-7-16(12-14)25(22,23)20-13-15(10-11-19(21)24-2)17-8-3-4-9-18(17)20/h3-9,12-13H,10-11H2,1-2H3. The molecule has 0 spiro atoms. The molecular formula is C19H19NO4S. The van der Waals surface area contributed by atoms with E-state index in [1.165, 1.54) is 11.1 Å². The molecule has 0 aliphatic heterocycles. The fraction of sp³-hybridized carbons (Fsp3) is 0.211. The van der Waals surface area contributed by atoms with Crippen molar-refractivity contribution >= 4 is 26.9 Å². The van der Waals surface area contributed by atoms with E-state index in [1.54, 1.807) is 36.5 Å². The van der Waals surface area contributed by atoms with Gasteiger partial charge in [0.25, 0.3) is 10.0 Å². The number of rotatable bonds is 5. The van der Waals surface area contributed by atoms with Gasteiger partial charge in [-0.3, -0.25) is 4.79 Å². The second-order valence-corrected chi connectivity index (χ2v) is 7.68. The molecular weight excluding hydrogens is 338 g/mol. The third-order valence-electron chi connectivity index (χ3n) is 4.13. The van der Waals surface area contributed by atoms with Crippen LogP contribution in [0.1, 0.15) is 17.5 Å². The summed E-state index contributed by atoms with van der Waals surface area (Å²) >= 11 is 0. The van der Waals surface area contributed by atoms with Crippen molar-refractivity contribution < 1.29 is 17.9 Å². The molecule has 0 unspecified atom stereocenters. The number of benzene rings is 2. The number of esters is 1. The first-order valence-electron chi connectivity index (χ1n) is 7.91. The first kappa shape index (κ1) is 17.2. The third-order valence-corrected chi connectivity index (χ3v) is 5.80. The average molecular weight is 357 g/mol. The molecule has 5 nitrogen and oxygen atoms in total. The summed E-state index contributed by atoms with van der Waals surface area (Å²) in [5, 5.41) is 0.822. The number of fused-ring (bicyclic) bond motifs is 1. The van der Waals surface area contributed by atoms with Crippen LogP contribution in [-0.2, 0) is 26.0 Å². The van der Waals surface area contributed by atoms with Gasteiger partial charge in [0, 0.05) is 18.0 Å². The van der Waals surface area contributed by atoms with Crippen LogP contribution >= 0.6 is 0 Å². The molecule has 0 aliphatic rings. The summed E-state index contributed by atoms with van der Waals surface area (Å²) in [7, 11) is -2.37. The Morgan fingerprint density at radius 3 is 2.60 bits per heavy atom. The van der Waals surface area contributed by atoms with Crippen LogP contribution in [-0.4, -0.2) is 25.5 Å². The molecule has 2 aromatic carbocycles. The van der Waals surface area contributed by atoms with Crippen LogP contribution in [0.25, 0.3) is 10.9 Å². The fourth-order valence-corrected chi connectivity index (χ4v) is 4.34. The maximum atomic E-state index is 13.1. The molecule has 130 valence electrons. The minimum atomic E-state index is -3.71. The zero-order valence-electron chi connectivity index (χ0n) is 14.1. The molecule has 3 rings (SSSR count). The quantitative estimate of drug-likeness (QED) is 0.657. The molecule has 0 saturated heterocycles. The van der Waals surface area contributed by atoms with E-state index in [0.717, 1.165) is 16.5 Å². The maximum Gasteiger partial charge on any atom is 0.305 e. The molecule has 0 amide bonds. The van der Waals surface area contributed by atoms with Crippen LogP contribution in [0.3, 0.4) is 0 Å². The number of carbonyl (C=O) groups is 1. The molecule has 0 bridgehead atoms. The number of para-hydroxylation sites is 1. The van der Waals surface area contributed by atoms with Gasteiger partial charge in [-0.05, 0) is 42.7 Å². The van der Waals surface area contributed by atoms with Crippen molar-refractivity contribution in [1.29, 1.82) is 0 Å². The van der Waals surface area contributed by atoms with Gasteiger partial charge in [-0.1, -0.05) is 30.3 Å². The Labute approximate surface area is 146 Å². The first-order chi connectivity index (χ1) is 11.9. The molecule has 0 fully saturated rings. The van der Waals surface area contributed by atoms with E-state index in [1.807, 2.05) is 25.1 Å². The monoisotopic (exact) mass is 357 g/mol. The van der Waals surface area contributed by atoms with Crippen molar-refractivity contribution in [3.63, 3.8) is 0 Å². The number of carbonyl (C=O) groups excluding carboxylic acids is 1. The van der Waals surface area contributed by atoms with Crippen LogP contribution < -0.4 is 0 Å². The van der Waals surface area contributed by atoms with Gasteiger partial charge in [-0.2, -0.15) is 0 Å². The summed E-state index contributed by atoms with van der Waals surface area (Å²) in [5.41, 5.74) is 2.28. The van der Waals surface area contributed by atoms with Crippen molar-refractivity contribution in [2.24, 2.45) is 0 Å². The number of aromatic nitrogens is 1. The Morgan fingerprint density at radius 1 is 1.12 bits per heavy atom. The predicted octanol–water partition coefficient (Wildman–Crippen LogP) is 3.29. The van der Waals surface area contributed by atoms with Crippen LogP contribution in [0.2, 0.25) is 0 Å². The van der Waals surface area contributed by atoms with E-state index in [4.69, 9.17) is 0 Å². The van der Waals surface area contributed by atoms with E-state index in [0.29, 0.717) is 11.9 Å². The van der Waals surface area contributed by atoms with Gasteiger partial charge in [0.2, 0.25) is 0 Å². The van der Waals surface area contributed by atoms with E-state index in [9.17, 15) is 13.2 Å². The second-order valence-electron chi connectivity index (χ2n) is 5.86. The van der Waals surface area contributed by atoms with Gasteiger partial charge >= 0.3 is 5.97 Å². The number of ether oxygens (including phenoxy) is 1. The first-order valence-corrected chi connectivity index (χ1v) is 9.35. The van der Waals surface area contributed by atoms with Crippen molar-refractivity contribution in [2.45, 2.75) is 24.7 Å². The normalized spacial score (nSPS) is 11.6. The number of nitrogens with zero attached hydrogens (tertiary/aromatic N) is 1. The van der Waals surface area contributed by atoms with Crippen molar-refractivity contribution in [3.05, 3.63) is 65.9 Å². The Morgan fingerprint density at radius 2 is 1.88 bits per heavy atom. The Hall–Kier alpha value is -2.60. The van der Waals surface area contributed by atoms with E-state index < -0.39 is 10.0 Å². The molecule has 0 N–H and O–H groups in total. The largest absolute Gasteiger partial charge is 0.469 e. The van der Waals surface area contributed by atoms with Crippen LogP contribution in [0.15, 0.2) is 59.6 Å². The minimum absolute atomic E-state index is 0.203. The van der Waals surface area contributed by atoms with Gasteiger partial charge in [0.15, 0.2) is 0 Å². The highest BCUT2D eigenvalue weighted by Crippen LogP contribution is 2.27. The number of hydrogen-bond donors (Lipinski definition) is 0. The van der Waals surface area contributed by atoms with Gasteiger partial charge in [0.1, 0.15) is 0 Å². The lowest BCUT2D eigenvalue weighted by atomic mass is 10.1. The number of hydrogen-bond acceptors (Lipinski definition) is 4. The molecule has 0 radical (unpaired) electrons. The molecule has 6 heteroatoms. The Balaban J connectivity index is 2.12. The van der Waals surface area contributed by atoms with Gasteiger partial charge < -0.3 is 4.74 Å². The Kier molecular flexibility index (Phi) is 4.63. The summed E-state index contributed by atoms with van der Waals surface area (Å²) in [4.78, 5) is 11.7. The molecule has 0 atom stereocenters. The maximum absolute atomic E-state index is 13.1. The van der Waals surface area contributed by atoms with Crippen LogP contribution in [0.5, 0.6) is 0 Å². The smallest absolute Gasteiger partial charge is 0.305 e. The van der Waals surface area contributed by atoms with Crippen molar-refractivity contribution in [1.82, 2.24) is 3.97 Å². The SMILES string of the molecule is COC(=O)CCc1cn(S(=O)(=O)c2cccc(C)c2)c2ccccc12. The molecule has 25 heavy (non-hydrogen) atoms. The molecule has 0 aliphatic carbocycles. The van der Waals surface area contributed by atoms with Gasteiger partial charge in [-0.25, -0.2) is 12.4 Å². The number of aryl methyl sites for hydroxylation is 2. The predicted molar refractivity (Wildman–Crippen MR) is 96.0 cm³/mol. The van der Waals surface area contributed by atoms with Crippen LogP contribution in [0.4, 0.5) is 0 Å². The molecule has 1 heterocycles. The second kappa shape index (κ2) is 6.72. The summed E-state index contributed by atoms with van der Waals surface area (Å²) < 4.78 is 32.1.